The van der Waals surface area contributed by atoms with Crippen molar-refractivity contribution in [2.45, 2.75) is 25.9 Å². The lowest BCUT2D eigenvalue weighted by Gasteiger charge is -2.14. The molecule has 1 atom stereocenters. The van der Waals surface area contributed by atoms with Crippen molar-refractivity contribution in [2.24, 2.45) is 0 Å². The number of nitrogens with one attached hydrogen (secondary N) is 1. The molecule has 0 heterocycles. The summed E-state index contributed by atoms with van der Waals surface area (Å²) in [7, 11) is 0. The second-order valence-corrected chi connectivity index (χ2v) is 5.93. The van der Waals surface area contributed by atoms with Crippen LogP contribution >= 0.6 is 11.6 Å². The summed E-state index contributed by atoms with van der Waals surface area (Å²) in [5.74, 6) is 0.162. The van der Waals surface area contributed by atoms with Gasteiger partial charge < -0.3 is 10.4 Å². The first-order chi connectivity index (χ1) is 10.5. The topological polar surface area (TPSA) is 49.3 Å². The number of carbonyl (C=O) groups excluding carboxylic acids is 1. The fraction of sp³-hybridized carbons (Fsp3) is 0.278. The second kappa shape index (κ2) is 7.43. The Morgan fingerprint density at radius 2 is 1.68 bits per heavy atom. The minimum atomic E-state index is -0.743. The highest BCUT2D eigenvalue weighted by Gasteiger charge is 2.13. The maximum Gasteiger partial charge on any atom is 0.252 e. The summed E-state index contributed by atoms with van der Waals surface area (Å²) in [6, 6.07) is 14.6. The normalized spacial score (nSPS) is 12.2. The molecule has 2 aromatic rings. The quantitative estimate of drug-likeness (QED) is 0.878. The lowest BCUT2D eigenvalue weighted by Crippen LogP contribution is -2.28. The van der Waals surface area contributed by atoms with Crippen LogP contribution in [0.15, 0.2) is 48.5 Å². The van der Waals surface area contributed by atoms with E-state index in [4.69, 9.17) is 11.6 Å². The highest BCUT2D eigenvalue weighted by Crippen LogP contribution is 2.19. The highest BCUT2D eigenvalue weighted by atomic mass is 35.5. The van der Waals surface area contributed by atoms with Crippen molar-refractivity contribution in [1.29, 1.82) is 0 Å². The van der Waals surface area contributed by atoms with E-state index >= 15 is 0 Å². The van der Waals surface area contributed by atoms with Gasteiger partial charge in [0, 0.05) is 6.54 Å². The Kier molecular flexibility index (Phi) is 5.58. The van der Waals surface area contributed by atoms with E-state index in [0.717, 1.165) is 5.56 Å². The van der Waals surface area contributed by atoms with Gasteiger partial charge in [-0.05, 0) is 29.2 Å². The molecule has 0 radical (unpaired) electrons. The molecule has 1 unspecified atom stereocenters. The molecule has 0 bridgehead atoms. The van der Waals surface area contributed by atoms with Gasteiger partial charge in [0.1, 0.15) is 0 Å². The largest absolute Gasteiger partial charge is 0.387 e. The molecule has 0 fully saturated rings. The number of halogens is 1. The lowest BCUT2D eigenvalue weighted by atomic mass is 10.00. The van der Waals surface area contributed by atoms with E-state index in [1.165, 1.54) is 5.56 Å². The molecule has 0 saturated heterocycles. The van der Waals surface area contributed by atoms with Gasteiger partial charge in [0.2, 0.25) is 0 Å². The van der Waals surface area contributed by atoms with Gasteiger partial charge in [0.05, 0.1) is 16.7 Å². The Balaban J connectivity index is 1.96. The molecule has 0 aliphatic rings. The maximum atomic E-state index is 12.0. The molecular formula is C18H20ClNO2. The Labute approximate surface area is 135 Å². The molecule has 0 saturated carbocycles. The van der Waals surface area contributed by atoms with Crippen molar-refractivity contribution >= 4 is 17.5 Å². The zero-order valence-corrected chi connectivity index (χ0v) is 13.5. The summed E-state index contributed by atoms with van der Waals surface area (Å²) < 4.78 is 0. The third kappa shape index (κ3) is 4.09. The number of aliphatic hydroxyl groups is 1. The number of amides is 1. The third-order valence-corrected chi connectivity index (χ3v) is 3.89. The molecule has 3 nitrogen and oxygen atoms in total. The number of aliphatic hydroxyl groups excluding tert-OH is 1. The molecular weight excluding hydrogens is 298 g/mol. The van der Waals surface area contributed by atoms with E-state index in [9.17, 15) is 9.90 Å². The monoisotopic (exact) mass is 317 g/mol. The molecule has 0 aromatic heterocycles. The SMILES string of the molecule is CC(C)c1ccc(C(O)CNC(=O)c2ccccc2Cl)cc1. The van der Waals surface area contributed by atoms with Gasteiger partial charge >= 0.3 is 0 Å². The van der Waals surface area contributed by atoms with E-state index in [-0.39, 0.29) is 12.5 Å². The van der Waals surface area contributed by atoms with Crippen LogP contribution in [-0.2, 0) is 0 Å². The first-order valence-electron chi connectivity index (χ1n) is 7.29. The Hall–Kier alpha value is -1.84. The summed E-state index contributed by atoms with van der Waals surface area (Å²) in [6.07, 6.45) is -0.743. The van der Waals surface area contributed by atoms with Crippen LogP contribution in [0.4, 0.5) is 0 Å². The van der Waals surface area contributed by atoms with Crippen molar-refractivity contribution in [2.75, 3.05) is 6.54 Å². The van der Waals surface area contributed by atoms with Crippen LogP contribution in [0.3, 0.4) is 0 Å². The number of benzene rings is 2. The minimum absolute atomic E-state index is 0.144. The van der Waals surface area contributed by atoms with Crippen LogP contribution in [0.25, 0.3) is 0 Å². The second-order valence-electron chi connectivity index (χ2n) is 5.53. The van der Waals surface area contributed by atoms with Crippen LogP contribution < -0.4 is 5.32 Å². The molecule has 1 amide bonds. The van der Waals surface area contributed by atoms with Crippen LogP contribution in [0.5, 0.6) is 0 Å². The average molecular weight is 318 g/mol. The van der Waals surface area contributed by atoms with Crippen molar-refractivity contribution in [3.8, 4) is 0 Å². The summed E-state index contributed by atoms with van der Waals surface area (Å²) >= 11 is 5.98. The molecule has 116 valence electrons. The number of hydrogen-bond donors (Lipinski definition) is 2. The zero-order valence-electron chi connectivity index (χ0n) is 12.7. The molecule has 2 aromatic carbocycles. The van der Waals surface area contributed by atoms with Gasteiger partial charge in [0.15, 0.2) is 0 Å². The van der Waals surface area contributed by atoms with Crippen molar-refractivity contribution < 1.29 is 9.90 Å². The third-order valence-electron chi connectivity index (χ3n) is 3.56. The van der Waals surface area contributed by atoms with Crippen LogP contribution in [0.1, 0.15) is 47.4 Å². The van der Waals surface area contributed by atoms with E-state index < -0.39 is 6.10 Å². The summed E-state index contributed by atoms with van der Waals surface area (Å²) in [5, 5.41) is 13.3. The van der Waals surface area contributed by atoms with Crippen molar-refractivity contribution in [3.63, 3.8) is 0 Å². The standard InChI is InChI=1S/C18H20ClNO2/c1-12(2)13-7-9-14(10-8-13)17(21)11-20-18(22)15-5-3-4-6-16(15)19/h3-10,12,17,21H,11H2,1-2H3,(H,20,22). The molecule has 2 N–H and O–H groups in total. The van der Waals surface area contributed by atoms with Gasteiger partial charge in [0.25, 0.3) is 5.91 Å². The first-order valence-corrected chi connectivity index (χ1v) is 7.67. The lowest BCUT2D eigenvalue weighted by molar-refractivity contribution is 0.0916. The molecule has 2 rings (SSSR count). The maximum absolute atomic E-state index is 12.0. The smallest absolute Gasteiger partial charge is 0.252 e. The Morgan fingerprint density at radius 1 is 1.09 bits per heavy atom. The van der Waals surface area contributed by atoms with Crippen LogP contribution in [0.2, 0.25) is 5.02 Å². The number of carbonyl (C=O) groups is 1. The fourth-order valence-electron chi connectivity index (χ4n) is 2.15. The predicted octanol–water partition coefficient (Wildman–Crippen LogP) is 3.93. The molecule has 0 spiro atoms. The zero-order chi connectivity index (χ0) is 16.1. The summed E-state index contributed by atoms with van der Waals surface area (Å²) in [6.45, 7) is 4.38. The van der Waals surface area contributed by atoms with E-state index in [1.54, 1.807) is 24.3 Å². The Bertz CT molecular complexity index is 638. The van der Waals surface area contributed by atoms with Gasteiger partial charge in [-0.25, -0.2) is 0 Å². The molecule has 4 heteroatoms. The number of rotatable bonds is 5. The van der Waals surface area contributed by atoms with Gasteiger partial charge in [-0.15, -0.1) is 0 Å². The Morgan fingerprint density at radius 3 is 2.27 bits per heavy atom. The van der Waals surface area contributed by atoms with Crippen LogP contribution in [0, 0.1) is 0 Å². The minimum Gasteiger partial charge on any atom is -0.387 e. The number of hydrogen-bond acceptors (Lipinski definition) is 2. The average Bonchev–Trinajstić information content (AvgIpc) is 2.52. The van der Waals surface area contributed by atoms with Crippen molar-refractivity contribution in [1.82, 2.24) is 5.32 Å². The van der Waals surface area contributed by atoms with E-state index in [1.807, 2.05) is 24.3 Å². The van der Waals surface area contributed by atoms with Gasteiger partial charge in [-0.1, -0.05) is 61.8 Å². The van der Waals surface area contributed by atoms with Crippen molar-refractivity contribution in [3.05, 3.63) is 70.2 Å². The van der Waals surface area contributed by atoms with Crippen LogP contribution in [-0.4, -0.2) is 17.6 Å². The fourth-order valence-corrected chi connectivity index (χ4v) is 2.37. The summed E-state index contributed by atoms with van der Waals surface area (Å²) in [5.41, 5.74) is 2.41. The van der Waals surface area contributed by atoms with E-state index in [0.29, 0.717) is 16.5 Å². The summed E-state index contributed by atoms with van der Waals surface area (Å²) in [4.78, 5) is 12.0. The first kappa shape index (κ1) is 16.5. The van der Waals surface area contributed by atoms with E-state index in [2.05, 4.69) is 19.2 Å². The predicted molar refractivity (Wildman–Crippen MR) is 89.3 cm³/mol. The molecule has 0 aliphatic heterocycles. The van der Waals surface area contributed by atoms with Gasteiger partial charge in [-0.2, -0.15) is 0 Å². The van der Waals surface area contributed by atoms with Gasteiger partial charge in [-0.3, -0.25) is 4.79 Å². The molecule has 22 heavy (non-hydrogen) atoms. The highest BCUT2D eigenvalue weighted by molar-refractivity contribution is 6.33. The molecule has 0 aliphatic carbocycles.